The largest absolute Gasteiger partial charge is 0.444 e. The number of nitrogens with zero attached hydrogens (tertiary/aromatic N) is 3. The van der Waals surface area contributed by atoms with E-state index in [0.29, 0.717) is 10.6 Å². The van der Waals surface area contributed by atoms with E-state index in [9.17, 15) is 14.0 Å². The third-order valence-electron chi connectivity index (χ3n) is 5.63. The van der Waals surface area contributed by atoms with E-state index < -0.39 is 29.8 Å². The number of benzene rings is 1. The Hall–Kier alpha value is -3.40. The monoisotopic (exact) mass is 499 g/mol. The topological polar surface area (TPSA) is 102 Å². The van der Waals surface area contributed by atoms with Gasteiger partial charge in [-0.15, -0.1) is 11.3 Å². The van der Waals surface area contributed by atoms with Crippen LogP contribution in [0.2, 0.25) is 0 Å². The number of carbonyl (C=O) groups is 2. The SMILES string of the molecule is Cc1c(-c2cc(N)c(C(=O)N[C@H]3C[C@H](F)CN(C(=O)OC(C)(C)C)C3)s2)cnn1-c1ccccc1. The van der Waals surface area contributed by atoms with E-state index in [1.165, 1.54) is 16.2 Å². The van der Waals surface area contributed by atoms with Crippen LogP contribution < -0.4 is 11.1 Å². The highest BCUT2D eigenvalue weighted by molar-refractivity contribution is 7.18. The molecule has 35 heavy (non-hydrogen) atoms. The minimum absolute atomic E-state index is 0.0583. The normalized spacial score (nSPS) is 18.4. The van der Waals surface area contributed by atoms with Gasteiger partial charge in [-0.2, -0.15) is 5.10 Å². The molecule has 0 saturated carbocycles. The quantitative estimate of drug-likeness (QED) is 0.548. The van der Waals surface area contributed by atoms with Gasteiger partial charge in [-0.05, 0) is 45.9 Å². The summed E-state index contributed by atoms with van der Waals surface area (Å²) in [6.45, 7) is 7.33. The van der Waals surface area contributed by atoms with Gasteiger partial charge in [-0.1, -0.05) is 18.2 Å². The molecule has 3 N–H and O–H groups in total. The van der Waals surface area contributed by atoms with Crippen LogP contribution in [0.1, 0.15) is 42.6 Å². The molecule has 4 rings (SSSR count). The van der Waals surface area contributed by atoms with Gasteiger partial charge in [0.15, 0.2) is 0 Å². The molecular formula is C25H30FN5O3S. The summed E-state index contributed by atoms with van der Waals surface area (Å²) in [6, 6.07) is 11.0. The molecule has 10 heteroatoms. The maximum absolute atomic E-state index is 14.4. The zero-order valence-corrected chi connectivity index (χ0v) is 21.1. The summed E-state index contributed by atoms with van der Waals surface area (Å²) in [6.07, 6.45) is 0.0156. The van der Waals surface area contributed by atoms with Gasteiger partial charge in [-0.25, -0.2) is 13.9 Å². The number of aromatic nitrogens is 2. The fourth-order valence-electron chi connectivity index (χ4n) is 4.06. The number of nitrogens with two attached hydrogens (primary N) is 1. The number of piperidine rings is 1. The van der Waals surface area contributed by atoms with E-state index >= 15 is 0 Å². The van der Waals surface area contributed by atoms with E-state index in [1.54, 1.807) is 33.0 Å². The number of para-hydroxylation sites is 1. The lowest BCUT2D eigenvalue weighted by Crippen LogP contribution is -2.54. The minimum atomic E-state index is -1.26. The van der Waals surface area contributed by atoms with Crippen LogP contribution in [-0.4, -0.2) is 57.6 Å². The van der Waals surface area contributed by atoms with Gasteiger partial charge in [0.05, 0.1) is 24.1 Å². The Kier molecular flexibility index (Phi) is 6.84. The standard InChI is InChI=1S/C25H30FN5O3S/c1-15-19(12-28-31(15)18-8-6-5-7-9-18)21-11-20(27)22(35-21)23(32)29-17-10-16(26)13-30(14-17)24(33)34-25(2,3)4/h5-9,11-12,16-17H,10,13-14,27H2,1-4H3,(H,29,32)/t16-,17-/m0/s1. The third kappa shape index (κ3) is 5.64. The summed E-state index contributed by atoms with van der Waals surface area (Å²) in [5, 5.41) is 7.33. The van der Waals surface area contributed by atoms with E-state index in [2.05, 4.69) is 10.4 Å². The zero-order chi connectivity index (χ0) is 25.3. The Morgan fingerprint density at radius 3 is 2.63 bits per heavy atom. The van der Waals surface area contributed by atoms with Crippen molar-refractivity contribution in [3.05, 3.63) is 53.2 Å². The van der Waals surface area contributed by atoms with Crippen LogP contribution >= 0.6 is 11.3 Å². The molecule has 8 nitrogen and oxygen atoms in total. The van der Waals surface area contributed by atoms with Crippen molar-refractivity contribution in [2.75, 3.05) is 18.8 Å². The Labute approximate surface area is 207 Å². The summed E-state index contributed by atoms with van der Waals surface area (Å²) in [5.74, 6) is -0.393. The molecule has 1 aliphatic heterocycles. The molecule has 2 amide bonds. The van der Waals surface area contributed by atoms with Gasteiger partial charge >= 0.3 is 6.09 Å². The van der Waals surface area contributed by atoms with Crippen LogP contribution in [0.5, 0.6) is 0 Å². The molecule has 1 saturated heterocycles. The molecule has 0 unspecified atom stereocenters. The maximum atomic E-state index is 14.4. The first-order valence-electron chi connectivity index (χ1n) is 11.4. The number of rotatable bonds is 4. The number of hydrogen-bond acceptors (Lipinski definition) is 6. The molecule has 0 bridgehead atoms. The highest BCUT2D eigenvalue weighted by Gasteiger charge is 2.34. The number of nitrogens with one attached hydrogen (secondary N) is 1. The highest BCUT2D eigenvalue weighted by atomic mass is 32.1. The number of halogens is 1. The van der Waals surface area contributed by atoms with Crippen LogP contribution in [0, 0.1) is 6.92 Å². The molecule has 186 valence electrons. The Bertz CT molecular complexity index is 1220. The lowest BCUT2D eigenvalue weighted by Gasteiger charge is -2.35. The summed E-state index contributed by atoms with van der Waals surface area (Å²) in [4.78, 5) is 27.9. The second kappa shape index (κ2) is 9.69. The molecule has 0 aliphatic carbocycles. The van der Waals surface area contributed by atoms with Crippen LogP contribution in [0.3, 0.4) is 0 Å². The van der Waals surface area contributed by atoms with E-state index in [-0.39, 0.29) is 19.5 Å². The number of hydrogen-bond donors (Lipinski definition) is 2. The molecule has 1 fully saturated rings. The number of carbonyl (C=O) groups excluding carboxylic acids is 2. The van der Waals surface area contributed by atoms with Crippen LogP contribution in [-0.2, 0) is 4.74 Å². The number of nitrogen functional groups attached to an aromatic ring is 1. The third-order valence-corrected chi connectivity index (χ3v) is 6.81. The molecular weight excluding hydrogens is 469 g/mol. The molecule has 1 aliphatic rings. The predicted molar refractivity (Wildman–Crippen MR) is 135 cm³/mol. The Morgan fingerprint density at radius 1 is 1.23 bits per heavy atom. The fraction of sp³-hybridized carbons (Fsp3) is 0.400. The smallest absolute Gasteiger partial charge is 0.410 e. The number of thiophene rings is 1. The average molecular weight is 500 g/mol. The summed E-state index contributed by atoms with van der Waals surface area (Å²) >= 11 is 1.26. The first kappa shape index (κ1) is 24.7. The lowest BCUT2D eigenvalue weighted by atomic mass is 10.0. The number of alkyl halides is 1. The Balaban J connectivity index is 1.48. The second-order valence-electron chi connectivity index (χ2n) is 9.67. The molecule has 3 heterocycles. The van der Waals surface area contributed by atoms with Crippen molar-refractivity contribution in [1.29, 1.82) is 0 Å². The van der Waals surface area contributed by atoms with Crippen LogP contribution in [0.4, 0.5) is 14.9 Å². The fourth-order valence-corrected chi connectivity index (χ4v) is 5.11. The van der Waals surface area contributed by atoms with Crippen molar-refractivity contribution in [3.63, 3.8) is 0 Å². The van der Waals surface area contributed by atoms with E-state index in [0.717, 1.165) is 21.8 Å². The van der Waals surface area contributed by atoms with Crippen molar-refractivity contribution >= 4 is 29.0 Å². The molecule has 3 aromatic rings. The van der Waals surface area contributed by atoms with Crippen LogP contribution in [0.15, 0.2) is 42.6 Å². The van der Waals surface area contributed by atoms with Crippen molar-refractivity contribution in [2.24, 2.45) is 0 Å². The number of amides is 2. The van der Waals surface area contributed by atoms with Crippen molar-refractivity contribution in [3.8, 4) is 16.1 Å². The Morgan fingerprint density at radius 2 is 1.94 bits per heavy atom. The zero-order valence-electron chi connectivity index (χ0n) is 20.2. The number of ether oxygens (including phenoxy) is 1. The highest BCUT2D eigenvalue weighted by Crippen LogP contribution is 2.35. The van der Waals surface area contributed by atoms with Gasteiger partial charge in [-0.3, -0.25) is 4.79 Å². The molecule has 1 aromatic carbocycles. The molecule has 0 radical (unpaired) electrons. The van der Waals surface area contributed by atoms with Gasteiger partial charge < -0.3 is 20.7 Å². The summed E-state index contributed by atoms with van der Waals surface area (Å²) in [5.41, 5.74) is 8.58. The summed E-state index contributed by atoms with van der Waals surface area (Å²) < 4.78 is 21.6. The summed E-state index contributed by atoms with van der Waals surface area (Å²) in [7, 11) is 0. The van der Waals surface area contributed by atoms with Crippen molar-refractivity contribution < 1.29 is 18.7 Å². The molecule has 2 aromatic heterocycles. The van der Waals surface area contributed by atoms with Gasteiger partial charge in [0, 0.05) is 35.1 Å². The first-order chi connectivity index (χ1) is 16.5. The van der Waals surface area contributed by atoms with E-state index in [1.807, 2.05) is 41.9 Å². The van der Waals surface area contributed by atoms with Crippen molar-refractivity contribution in [1.82, 2.24) is 20.0 Å². The average Bonchev–Trinajstić information content (AvgIpc) is 3.35. The van der Waals surface area contributed by atoms with Gasteiger partial charge in [0.1, 0.15) is 16.6 Å². The number of likely N-dealkylation sites (tertiary alicyclic amines) is 1. The van der Waals surface area contributed by atoms with Crippen LogP contribution in [0.25, 0.3) is 16.1 Å². The van der Waals surface area contributed by atoms with Crippen molar-refractivity contribution in [2.45, 2.75) is 51.9 Å². The van der Waals surface area contributed by atoms with Gasteiger partial charge in [0.25, 0.3) is 5.91 Å². The lowest BCUT2D eigenvalue weighted by molar-refractivity contribution is 0.00941. The molecule has 0 spiro atoms. The minimum Gasteiger partial charge on any atom is -0.444 e. The first-order valence-corrected chi connectivity index (χ1v) is 12.3. The molecule has 2 atom stereocenters. The van der Waals surface area contributed by atoms with E-state index in [4.69, 9.17) is 10.5 Å². The maximum Gasteiger partial charge on any atom is 0.410 e. The number of anilines is 1. The predicted octanol–water partition coefficient (Wildman–Crippen LogP) is 4.57. The second-order valence-corrected chi connectivity index (χ2v) is 10.7. The van der Waals surface area contributed by atoms with Gasteiger partial charge in [0.2, 0.25) is 0 Å².